The van der Waals surface area contributed by atoms with Crippen molar-refractivity contribution in [3.05, 3.63) is 18.1 Å². The molecule has 0 aliphatic heterocycles. The van der Waals surface area contributed by atoms with Crippen LogP contribution in [-0.4, -0.2) is 26.4 Å². The van der Waals surface area contributed by atoms with Crippen molar-refractivity contribution < 1.29 is 9.21 Å². The van der Waals surface area contributed by atoms with E-state index < -0.39 is 0 Å². The minimum absolute atomic E-state index is 0.176. The van der Waals surface area contributed by atoms with Crippen molar-refractivity contribution in [2.75, 3.05) is 5.75 Å². The molecule has 0 aliphatic rings. The molecule has 1 amide bonds. The van der Waals surface area contributed by atoms with Crippen LogP contribution in [0.15, 0.2) is 21.9 Å². The van der Waals surface area contributed by atoms with Gasteiger partial charge in [-0.2, -0.15) is 0 Å². The molecule has 0 unspecified atom stereocenters. The number of nitrogens with zero attached hydrogens (tertiary/aromatic N) is 3. The Bertz CT molecular complexity index is 588. The predicted molar refractivity (Wildman–Crippen MR) is 72.8 cm³/mol. The standard InChI is InChI=1S/C12H16N4O2S/c1-7(2)16-11(9-4-5-18-8(9)3)14-15-12(16)19-6-10(13)17/h4-5,7H,6H2,1-3H3,(H2,13,17). The number of nitrogens with two attached hydrogens (primary N) is 1. The molecule has 7 heteroatoms. The van der Waals surface area contributed by atoms with Crippen LogP contribution in [0.5, 0.6) is 0 Å². The molecule has 0 atom stereocenters. The molecule has 6 nitrogen and oxygen atoms in total. The topological polar surface area (TPSA) is 86.9 Å². The van der Waals surface area contributed by atoms with E-state index in [4.69, 9.17) is 10.2 Å². The highest BCUT2D eigenvalue weighted by Gasteiger charge is 2.19. The molecule has 0 fully saturated rings. The highest BCUT2D eigenvalue weighted by Crippen LogP contribution is 2.29. The van der Waals surface area contributed by atoms with Gasteiger partial charge >= 0.3 is 0 Å². The van der Waals surface area contributed by atoms with Crippen molar-refractivity contribution in [2.45, 2.75) is 32.0 Å². The van der Waals surface area contributed by atoms with Gasteiger partial charge in [0.25, 0.3) is 0 Å². The SMILES string of the molecule is Cc1occc1-c1nnc(SCC(N)=O)n1C(C)C. The Balaban J connectivity index is 2.40. The number of aryl methyl sites for hydroxylation is 1. The zero-order chi connectivity index (χ0) is 14.0. The van der Waals surface area contributed by atoms with Gasteiger partial charge in [-0.05, 0) is 26.8 Å². The molecule has 0 saturated carbocycles. The quantitative estimate of drug-likeness (QED) is 0.846. The second kappa shape index (κ2) is 5.48. The Morgan fingerprint density at radius 2 is 2.26 bits per heavy atom. The maximum Gasteiger partial charge on any atom is 0.227 e. The lowest BCUT2D eigenvalue weighted by Gasteiger charge is -2.12. The minimum Gasteiger partial charge on any atom is -0.469 e. The smallest absolute Gasteiger partial charge is 0.227 e. The fourth-order valence-electron chi connectivity index (χ4n) is 1.78. The first kappa shape index (κ1) is 13.7. The number of carbonyl (C=O) groups is 1. The molecule has 0 saturated heterocycles. The Morgan fingerprint density at radius 1 is 1.53 bits per heavy atom. The zero-order valence-corrected chi connectivity index (χ0v) is 11.9. The summed E-state index contributed by atoms with van der Waals surface area (Å²) in [4.78, 5) is 10.9. The summed E-state index contributed by atoms with van der Waals surface area (Å²) < 4.78 is 7.28. The van der Waals surface area contributed by atoms with E-state index in [9.17, 15) is 4.79 Å². The number of rotatable bonds is 5. The summed E-state index contributed by atoms with van der Waals surface area (Å²) in [6.07, 6.45) is 1.63. The average molecular weight is 280 g/mol. The summed E-state index contributed by atoms with van der Waals surface area (Å²) in [6.45, 7) is 5.96. The summed E-state index contributed by atoms with van der Waals surface area (Å²) in [5.74, 6) is 1.35. The third kappa shape index (κ3) is 2.81. The van der Waals surface area contributed by atoms with Crippen molar-refractivity contribution >= 4 is 17.7 Å². The number of furan rings is 1. The van der Waals surface area contributed by atoms with Crippen molar-refractivity contribution in [1.29, 1.82) is 0 Å². The maximum atomic E-state index is 10.9. The predicted octanol–water partition coefficient (Wildman–Crippen LogP) is 2.00. The summed E-state index contributed by atoms with van der Waals surface area (Å²) >= 11 is 1.29. The fraction of sp³-hybridized carbons (Fsp3) is 0.417. The molecular formula is C12H16N4O2S. The molecule has 0 aliphatic carbocycles. The minimum atomic E-state index is -0.371. The van der Waals surface area contributed by atoms with Gasteiger partial charge in [-0.3, -0.25) is 9.36 Å². The number of carbonyl (C=O) groups excluding carboxylic acids is 1. The van der Waals surface area contributed by atoms with Gasteiger partial charge in [-0.25, -0.2) is 0 Å². The van der Waals surface area contributed by atoms with Crippen molar-refractivity contribution in [3.63, 3.8) is 0 Å². The lowest BCUT2D eigenvalue weighted by Crippen LogP contribution is -2.14. The van der Waals surface area contributed by atoms with E-state index in [1.54, 1.807) is 6.26 Å². The molecule has 2 aromatic heterocycles. The average Bonchev–Trinajstić information content (AvgIpc) is 2.91. The molecule has 0 bridgehead atoms. The molecular weight excluding hydrogens is 264 g/mol. The number of amides is 1. The van der Waals surface area contributed by atoms with E-state index in [0.717, 1.165) is 17.1 Å². The third-order valence-corrected chi connectivity index (χ3v) is 3.59. The Hall–Kier alpha value is -1.76. The van der Waals surface area contributed by atoms with Gasteiger partial charge < -0.3 is 10.2 Å². The summed E-state index contributed by atoms with van der Waals surface area (Å²) in [5, 5.41) is 9.02. The van der Waals surface area contributed by atoms with Crippen LogP contribution in [0.25, 0.3) is 11.4 Å². The van der Waals surface area contributed by atoms with E-state index in [1.165, 1.54) is 11.8 Å². The number of primary amides is 1. The van der Waals surface area contributed by atoms with Gasteiger partial charge in [0.2, 0.25) is 5.91 Å². The van der Waals surface area contributed by atoms with Gasteiger partial charge in [0.05, 0.1) is 17.6 Å². The van der Waals surface area contributed by atoms with Crippen molar-refractivity contribution in [2.24, 2.45) is 5.73 Å². The fourth-order valence-corrected chi connectivity index (χ4v) is 2.58. The van der Waals surface area contributed by atoms with Crippen LogP contribution >= 0.6 is 11.8 Å². The van der Waals surface area contributed by atoms with E-state index >= 15 is 0 Å². The maximum absolute atomic E-state index is 10.9. The van der Waals surface area contributed by atoms with Crippen LogP contribution in [0.4, 0.5) is 0 Å². The largest absolute Gasteiger partial charge is 0.469 e. The Kier molecular flexibility index (Phi) is 3.94. The molecule has 2 heterocycles. The highest BCUT2D eigenvalue weighted by molar-refractivity contribution is 7.99. The lowest BCUT2D eigenvalue weighted by molar-refractivity contribution is -0.115. The molecule has 102 valence electrons. The summed E-state index contributed by atoms with van der Waals surface area (Å²) in [6, 6.07) is 2.04. The second-order valence-electron chi connectivity index (χ2n) is 4.42. The Morgan fingerprint density at radius 3 is 2.79 bits per heavy atom. The van der Waals surface area contributed by atoms with Crippen LogP contribution in [0.1, 0.15) is 25.6 Å². The van der Waals surface area contributed by atoms with Gasteiger partial charge in [0.1, 0.15) is 5.76 Å². The monoisotopic (exact) mass is 280 g/mol. The van der Waals surface area contributed by atoms with Crippen LogP contribution in [0.2, 0.25) is 0 Å². The van der Waals surface area contributed by atoms with Gasteiger partial charge in [0.15, 0.2) is 11.0 Å². The number of hydrogen-bond acceptors (Lipinski definition) is 5. The van der Waals surface area contributed by atoms with Crippen LogP contribution in [0.3, 0.4) is 0 Å². The second-order valence-corrected chi connectivity index (χ2v) is 5.36. The van der Waals surface area contributed by atoms with Crippen LogP contribution in [0, 0.1) is 6.92 Å². The number of hydrogen-bond donors (Lipinski definition) is 1. The van der Waals surface area contributed by atoms with Gasteiger partial charge in [0, 0.05) is 6.04 Å². The van der Waals surface area contributed by atoms with E-state index in [2.05, 4.69) is 10.2 Å². The third-order valence-electron chi connectivity index (χ3n) is 2.62. The summed E-state index contributed by atoms with van der Waals surface area (Å²) in [7, 11) is 0. The first-order valence-corrected chi connectivity index (χ1v) is 6.89. The van der Waals surface area contributed by atoms with Crippen LogP contribution < -0.4 is 5.73 Å². The van der Waals surface area contributed by atoms with Crippen molar-refractivity contribution in [3.8, 4) is 11.4 Å². The zero-order valence-electron chi connectivity index (χ0n) is 11.1. The molecule has 0 spiro atoms. The Labute approximate surface area is 115 Å². The molecule has 19 heavy (non-hydrogen) atoms. The summed E-state index contributed by atoms with van der Waals surface area (Å²) in [5.41, 5.74) is 6.07. The van der Waals surface area contributed by atoms with Crippen LogP contribution in [-0.2, 0) is 4.79 Å². The molecule has 2 rings (SSSR count). The van der Waals surface area contributed by atoms with Gasteiger partial charge in [-0.1, -0.05) is 11.8 Å². The normalized spacial score (nSPS) is 11.2. The first-order valence-electron chi connectivity index (χ1n) is 5.91. The lowest BCUT2D eigenvalue weighted by atomic mass is 10.2. The van der Waals surface area contributed by atoms with E-state index in [-0.39, 0.29) is 17.7 Å². The van der Waals surface area contributed by atoms with E-state index in [1.807, 2.05) is 31.4 Å². The van der Waals surface area contributed by atoms with Gasteiger partial charge in [-0.15, -0.1) is 10.2 Å². The number of thioether (sulfide) groups is 1. The van der Waals surface area contributed by atoms with Crippen molar-refractivity contribution in [1.82, 2.24) is 14.8 Å². The molecule has 2 N–H and O–H groups in total. The first-order chi connectivity index (χ1) is 9.00. The molecule has 0 aromatic carbocycles. The molecule has 0 radical (unpaired) electrons. The highest BCUT2D eigenvalue weighted by atomic mass is 32.2. The van der Waals surface area contributed by atoms with E-state index in [0.29, 0.717) is 5.16 Å². The number of aromatic nitrogens is 3. The molecule has 2 aromatic rings.